The molecule has 29 heavy (non-hydrogen) atoms. The van der Waals surface area contributed by atoms with E-state index in [4.69, 9.17) is 4.42 Å². The fourth-order valence-electron chi connectivity index (χ4n) is 4.13. The van der Waals surface area contributed by atoms with E-state index in [-0.39, 0.29) is 17.3 Å². The third kappa shape index (κ3) is 3.34. The van der Waals surface area contributed by atoms with Crippen LogP contribution in [0.3, 0.4) is 0 Å². The minimum Gasteiger partial charge on any atom is -0.420 e. The van der Waals surface area contributed by atoms with Crippen molar-refractivity contribution in [3.63, 3.8) is 0 Å². The zero-order chi connectivity index (χ0) is 20.1. The highest BCUT2D eigenvalue weighted by Crippen LogP contribution is 2.64. The van der Waals surface area contributed by atoms with Crippen molar-refractivity contribution < 1.29 is 17.6 Å². The van der Waals surface area contributed by atoms with E-state index in [0.717, 1.165) is 30.9 Å². The molecule has 6 nitrogen and oxygen atoms in total. The van der Waals surface area contributed by atoms with Crippen LogP contribution in [0.15, 0.2) is 47.0 Å². The van der Waals surface area contributed by atoms with E-state index in [1.807, 2.05) is 35.2 Å². The fourth-order valence-corrected chi connectivity index (χ4v) is 4.13. The molecule has 3 heterocycles. The van der Waals surface area contributed by atoms with Gasteiger partial charge in [-0.15, -0.1) is 10.2 Å². The molecule has 1 aromatic carbocycles. The molecule has 1 spiro atoms. The van der Waals surface area contributed by atoms with E-state index in [1.54, 1.807) is 0 Å². The number of rotatable bonds is 3. The third-order valence-electron chi connectivity index (χ3n) is 5.92. The summed E-state index contributed by atoms with van der Waals surface area (Å²) in [6.07, 6.45) is -0.676. The van der Waals surface area contributed by atoms with Crippen molar-refractivity contribution in [3.8, 4) is 11.5 Å². The predicted octanol–water partition coefficient (Wildman–Crippen LogP) is 4.32. The van der Waals surface area contributed by atoms with Gasteiger partial charge in [0.1, 0.15) is 5.69 Å². The highest BCUT2D eigenvalue weighted by molar-refractivity contribution is 5.52. The van der Waals surface area contributed by atoms with Crippen molar-refractivity contribution >= 4 is 5.95 Å². The second kappa shape index (κ2) is 6.53. The molecule has 9 heteroatoms. The van der Waals surface area contributed by atoms with Gasteiger partial charge < -0.3 is 9.32 Å². The van der Waals surface area contributed by atoms with E-state index in [2.05, 4.69) is 20.2 Å². The predicted molar refractivity (Wildman–Crippen MR) is 98.0 cm³/mol. The van der Waals surface area contributed by atoms with E-state index in [1.165, 1.54) is 6.20 Å². The number of hydrogen-bond donors (Lipinski definition) is 0. The Morgan fingerprint density at radius 1 is 1.03 bits per heavy atom. The Labute approximate surface area is 164 Å². The molecule has 0 bridgehead atoms. The van der Waals surface area contributed by atoms with Gasteiger partial charge in [0.2, 0.25) is 17.7 Å². The molecule has 1 saturated heterocycles. The standard InChI is InChI=1S/C20H18F3N5O/c21-20(22,23)15-6-9-24-18(25-15)28-10-7-19(8-11-28)12-14(19)17-27-26-16(29-17)13-4-2-1-3-5-13/h1-6,9,14H,7-8,10-12H2/t14-/m0/s1. The number of piperidine rings is 1. The van der Waals surface area contributed by atoms with Gasteiger partial charge >= 0.3 is 6.18 Å². The lowest BCUT2D eigenvalue weighted by Crippen LogP contribution is -2.36. The largest absolute Gasteiger partial charge is 0.433 e. The van der Waals surface area contributed by atoms with E-state index < -0.39 is 11.9 Å². The highest BCUT2D eigenvalue weighted by Gasteiger charge is 2.58. The minimum atomic E-state index is -4.47. The summed E-state index contributed by atoms with van der Waals surface area (Å²) in [6, 6.07) is 10.5. The Balaban J connectivity index is 1.26. The number of aromatic nitrogens is 4. The first-order valence-electron chi connectivity index (χ1n) is 9.49. The molecule has 0 N–H and O–H groups in total. The number of benzene rings is 1. The monoisotopic (exact) mass is 401 g/mol. The molecule has 2 aromatic heterocycles. The van der Waals surface area contributed by atoms with Gasteiger partial charge in [-0.3, -0.25) is 0 Å². The molecule has 0 unspecified atom stereocenters. The summed E-state index contributed by atoms with van der Waals surface area (Å²) in [6.45, 7) is 1.22. The fraction of sp³-hybridized carbons (Fsp3) is 0.400. The maximum Gasteiger partial charge on any atom is 0.433 e. The Hall–Kier alpha value is -2.97. The lowest BCUT2D eigenvalue weighted by Gasteiger charge is -2.32. The second-order valence-corrected chi connectivity index (χ2v) is 7.66. The molecule has 0 amide bonds. The summed E-state index contributed by atoms with van der Waals surface area (Å²) in [7, 11) is 0. The zero-order valence-corrected chi connectivity index (χ0v) is 15.4. The van der Waals surface area contributed by atoms with Gasteiger partial charge in [0.25, 0.3) is 0 Å². The zero-order valence-electron chi connectivity index (χ0n) is 15.4. The number of hydrogen-bond acceptors (Lipinski definition) is 6. The molecule has 1 atom stereocenters. The van der Waals surface area contributed by atoms with Gasteiger partial charge in [0, 0.05) is 30.8 Å². The maximum atomic E-state index is 12.9. The van der Waals surface area contributed by atoms with Crippen LogP contribution in [0.25, 0.3) is 11.5 Å². The topological polar surface area (TPSA) is 67.9 Å². The first-order chi connectivity index (χ1) is 13.9. The third-order valence-corrected chi connectivity index (χ3v) is 5.92. The van der Waals surface area contributed by atoms with Crippen LogP contribution in [0.4, 0.5) is 19.1 Å². The van der Waals surface area contributed by atoms with E-state index in [0.29, 0.717) is 24.9 Å². The summed E-state index contributed by atoms with van der Waals surface area (Å²) < 4.78 is 44.6. The first-order valence-corrected chi connectivity index (χ1v) is 9.49. The smallest absolute Gasteiger partial charge is 0.420 e. The number of anilines is 1. The Kier molecular flexibility index (Phi) is 4.07. The van der Waals surface area contributed by atoms with E-state index >= 15 is 0 Å². The molecule has 2 aliphatic rings. The number of nitrogens with zero attached hydrogens (tertiary/aromatic N) is 5. The average molecular weight is 401 g/mol. The Bertz CT molecular complexity index is 1010. The van der Waals surface area contributed by atoms with Crippen LogP contribution >= 0.6 is 0 Å². The van der Waals surface area contributed by atoms with Gasteiger partial charge in [-0.25, -0.2) is 9.97 Å². The minimum absolute atomic E-state index is 0.0820. The molecule has 0 radical (unpaired) electrons. The highest BCUT2D eigenvalue weighted by atomic mass is 19.4. The Morgan fingerprint density at radius 2 is 1.79 bits per heavy atom. The van der Waals surface area contributed by atoms with Crippen LogP contribution in [-0.4, -0.2) is 33.3 Å². The number of alkyl halides is 3. The summed E-state index contributed by atoms with van der Waals surface area (Å²) in [5, 5.41) is 8.41. The van der Waals surface area contributed by atoms with Gasteiger partial charge in [0.05, 0.1) is 0 Å². The first kappa shape index (κ1) is 18.1. The molecule has 2 fully saturated rings. The van der Waals surface area contributed by atoms with E-state index in [9.17, 15) is 13.2 Å². The van der Waals surface area contributed by atoms with Gasteiger partial charge in [-0.1, -0.05) is 18.2 Å². The SMILES string of the molecule is FC(F)(F)c1ccnc(N2CCC3(CC2)C[C@H]3c2nnc(-c3ccccc3)o2)n1. The molecular formula is C20H18F3N5O. The molecule has 1 aliphatic heterocycles. The molecule has 5 rings (SSSR count). The van der Waals surface area contributed by atoms with Crippen molar-refractivity contribution in [2.75, 3.05) is 18.0 Å². The quantitative estimate of drug-likeness (QED) is 0.651. The van der Waals surface area contributed by atoms with Crippen molar-refractivity contribution in [3.05, 3.63) is 54.2 Å². The summed E-state index contributed by atoms with van der Waals surface area (Å²) >= 11 is 0. The lowest BCUT2D eigenvalue weighted by molar-refractivity contribution is -0.141. The molecular weight excluding hydrogens is 383 g/mol. The van der Waals surface area contributed by atoms with Crippen LogP contribution in [0.5, 0.6) is 0 Å². The van der Waals surface area contributed by atoms with Gasteiger partial charge in [-0.05, 0) is 42.9 Å². The second-order valence-electron chi connectivity index (χ2n) is 7.66. The Morgan fingerprint density at radius 3 is 2.52 bits per heavy atom. The molecule has 3 aromatic rings. The van der Waals surface area contributed by atoms with Crippen LogP contribution in [0.2, 0.25) is 0 Å². The maximum absolute atomic E-state index is 12.9. The molecule has 1 saturated carbocycles. The molecule has 150 valence electrons. The van der Waals surface area contributed by atoms with Gasteiger partial charge in [-0.2, -0.15) is 13.2 Å². The van der Waals surface area contributed by atoms with Crippen molar-refractivity contribution in [2.24, 2.45) is 5.41 Å². The normalized spacial score (nSPS) is 20.8. The summed E-state index contributed by atoms with van der Waals surface area (Å²) in [5.74, 6) is 1.50. The summed E-state index contributed by atoms with van der Waals surface area (Å²) in [5.41, 5.74) is 0.0578. The van der Waals surface area contributed by atoms with Crippen LogP contribution in [0, 0.1) is 5.41 Å². The lowest BCUT2D eigenvalue weighted by atomic mass is 9.91. The van der Waals surface area contributed by atoms with Crippen LogP contribution in [0.1, 0.15) is 36.8 Å². The average Bonchev–Trinajstić information content (AvgIpc) is 3.20. The summed E-state index contributed by atoms with van der Waals surface area (Å²) in [4.78, 5) is 9.55. The van der Waals surface area contributed by atoms with Crippen molar-refractivity contribution in [1.29, 1.82) is 0 Å². The van der Waals surface area contributed by atoms with Crippen molar-refractivity contribution in [2.45, 2.75) is 31.4 Å². The van der Waals surface area contributed by atoms with Crippen molar-refractivity contribution in [1.82, 2.24) is 20.2 Å². The van der Waals surface area contributed by atoms with Crippen LogP contribution < -0.4 is 4.90 Å². The van der Waals surface area contributed by atoms with Crippen LogP contribution in [-0.2, 0) is 6.18 Å². The van der Waals surface area contributed by atoms with Gasteiger partial charge in [0.15, 0.2) is 0 Å². The molecule has 1 aliphatic carbocycles. The number of halogens is 3.